The summed E-state index contributed by atoms with van der Waals surface area (Å²) in [6.45, 7) is 13.4. The van der Waals surface area contributed by atoms with E-state index in [0.717, 1.165) is 26.9 Å². The number of benzene rings is 8. The first-order valence-corrected chi connectivity index (χ1v) is 42.6. The maximum absolute atomic E-state index is 15.7. The van der Waals surface area contributed by atoms with Crippen LogP contribution in [0, 0.1) is 16.7 Å². The Morgan fingerprint density at radius 2 is 0.927 bits per heavy atom. The molecule has 12 bridgehead atoms. The van der Waals surface area contributed by atoms with Gasteiger partial charge in [0.1, 0.15) is 72.4 Å². The van der Waals surface area contributed by atoms with Crippen LogP contribution in [0.2, 0.25) is 0 Å². The summed E-state index contributed by atoms with van der Waals surface area (Å²) in [5, 5.41) is 53.9. The molecule has 0 unspecified atom stereocenters. The second-order valence-corrected chi connectivity index (χ2v) is 35.9. The van der Waals surface area contributed by atoms with Crippen LogP contribution in [0.25, 0.3) is 32.3 Å². The number of fused-ring (bicyclic) bond motifs is 3. The van der Waals surface area contributed by atoms with Crippen molar-refractivity contribution in [2.24, 2.45) is 16.7 Å². The van der Waals surface area contributed by atoms with Crippen LogP contribution in [0.15, 0.2) is 193 Å². The molecular weight excluding hydrogens is 1590 g/mol. The van der Waals surface area contributed by atoms with Gasteiger partial charge in [0.15, 0.2) is 5.78 Å². The fourth-order valence-corrected chi connectivity index (χ4v) is 16.8. The first kappa shape index (κ1) is 88.0. The van der Waals surface area contributed by atoms with Crippen LogP contribution in [-0.4, -0.2) is 194 Å². The highest BCUT2D eigenvalue weighted by molar-refractivity contribution is 7.90. The predicted octanol–water partition coefficient (Wildman–Crippen LogP) is 6.95. The zero-order valence-electron chi connectivity index (χ0n) is 70.3. The summed E-state index contributed by atoms with van der Waals surface area (Å²) in [6, 6.07) is 38.4. The van der Waals surface area contributed by atoms with Gasteiger partial charge in [-0.3, -0.25) is 47.9 Å². The summed E-state index contributed by atoms with van der Waals surface area (Å²) in [5.74, 6) is -8.18. The minimum absolute atomic E-state index is 0.0518. The molecule has 2 fully saturated rings. The lowest BCUT2D eigenvalue weighted by molar-refractivity contribution is -0.145. The lowest BCUT2D eigenvalue weighted by Gasteiger charge is -2.36. The molecule has 123 heavy (non-hydrogen) atoms. The number of ether oxygens (including phenoxy) is 2. The normalized spacial score (nSPS) is 20.8. The van der Waals surface area contributed by atoms with Gasteiger partial charge in [-0.15, -0.1) is 10.2 Å². The van der Waals surface area contributed by atoms with E-state index in [0.29, 0.717) is 50.5 Å². The summed E-state index contributed by atoms with van der Waals surface area (Å²) < 4.78 is 46.6. The van der Waals surface area contributed by atoms with Gasteiger partial charge < -0.3 is 61.6 Å². The first-order valence-electron chi connectivity index (χ1n) is 41.1. The van der Waals surface area contributed by atoms with Gasteiger partial charge in [0, 0.05) is 45.2 Å². The van der Waals surface area contributed by atoms with Gasteiger partial charge in [-0.05, 0) is 143 Å². The summed E-state index contributed by atoms with van der Waals surface area (Å²) >= 11 is 0. The lowest BCUT2D eigenvalue weighted by atomic mass is 9.85. The molecule has 32 heteroatoms. The van der Waals surface area contributed by atoms with E-state index in [1.165, 1.54) is 31.3 Å². The number of hydrogen-bond acceptors (Lipinski definition) is 20. The number of amides is 8. The number of Topliss-reactive ketones (excluding diaryl/α,β-unsaturated/α-hetero) is 1. The van der Waals surface area contributed by atoms with E-state index in [-0.39, 0.29) is 69.7 Å². The van der Waals surface area contributed by atoms with E-state index < -0.39 is 159 Å². The molecule has 16 rings (SSSR count). The topological polar surface area (TPSA) is 408 Å². The van der Waals surface area contributed by atoms with Gasteiger partial charge in [0.2, 0.25) is 41.4 Å². The number of hydrogen-bond donors (Lipinski definition) is 9. The number of rotatable bonds is 16. The molecule has 2 saturated heterocycles. The largest absolute Gasteiger partial charge is 0.487 e. The van der Waals surface area contributed by atoms with E-state index in [9.17, 15) is 27.9 Å². The van der Waals surface area contributed by atoms with Gasteiger partial charge in [0.05, 0.1) is 53.4 Å². The fraction of sp³-hybridized carbons (Fsp3) is 0.385. The Balaban J connectivity index is 0.857. The quantitative estimate of drug-likeness (QED) is 0.0472. The highest BCUT2D eigenvalue weighted by atomic mass is 32.2. The van der Waals surface area contributed by atoms with Crippen molar-refractivity contribution in [3.63, 3.8) is 0 Å². The van der Waals surface area contributed by atoms with Crippen LogP contribution in [0.1, 0.15) is 120 Å². The molecule has 9 N–H and O–H groups in total. The van der Waals surface area contributed by atoms with Gasteiger partial charge in [0.25, 0.3) is 15.9 Å². The number of carbonyl (C=O) groups excluding carboxylic acids is 9. The first-order chi connectivity index (χ1) is 58.6. The maximum Gasteiger partial charge on any atom is 0.307 e. The van der Waals surface area contributed by atoms with Crippen molar-refractivity contribution in [3.8, 4) is 11.5 Å². The molecule has 0 aliphatic carbocycles. The van der Waals surface area contributed by atoms with E-state index >= 15 is 33.6 Å². The number of carboxylic acid groups (broad SMARTS) is 1. The van der Waals surface area contributed by atoms with E-state index in [1.54, 1.807) is 161 Å². The Morgan fingerprint density at radius 3 is 1.37 bits per heavy atom. The number of nitrogens with zero attached hydrogens (tertiary/aromatic N) is 8. The third-order valence-electron chi connectivity index (χ3n) is 23.1. The molecule has 0 saturated carbocycles. The number of likely N-dealkylation sites (tertiary alicyclic amines) is 2. The van der Waals surface area contributed by atoms with Crippen LogP contribution >= 0.6 is 0 Å². The van der Waals surface area contributed by atoms with Gasteiger partial charge in [-0.2, -0.15) is 0 Å². The van der Waals surface area contributed by atoms with Crippen LogP contribution in [0.4, 0.5) is 0 Å². The van der Waals surface area contributed by atoms with Crippen molar-refractivity contribution in [3.05, 3.63) is 222 Å². The third-order valence-corrected chi connectivity index (χ3v) is 24.5. The van der Waals surface area contributed by atoms with Crippen molar-refractivity contribution >= 4 is 101 Å². The summed E-state index contributed by atoms with van der Waals surface area (Å²) in [4.78, 5) is 151. The molecular formula is C91H104N16O15S. The van der Waals surface area contributed by atoms with Crippen LogP contribution < -0.4 is 51.4 Å². The number of sulfonamides is 1. The lowest BCUT2D eigenvalue weighted by Crippen LogP contribution is -2.61. The Bertz CT molecular complexity index is 5730. The highest BCUT2D eigenvalue weighted by Gasteiger charge is 2.49. The number of carboxylic acids is 1. The fourth-order valence-electron chi connectivity index (χ4n) is 15.7. The van der Waals surface area contributed by atoms with Crippen molar-refractivity contribution < 1.29 is 70.9 Å². The standard InChI is InChI=1S/C91H104N16O15S/c1-53(92-9)81(109)97-79(90(3,4)5)87(115)104-49-68-45-76(104)85(113)94-73(41-57-23-29-59-17-11-14-20-62(59)38-57)78(108)44-65(89(117)118)37-55-25-32-70(33-26-55)121-51-66-48-107(103-99-66)69-46-77(105(50-69)88(116)80(91(6,7)8)98-82(110)54(2)93-10)86(114)96-74(42-58-24-30-60-18-12-15-21-63(60)39-58)83(111)95-75(40-56-27-34-71(35-28-56)122-52-67-47-106(68)102-100-67)84(112)101-123(119,120)72-36-31-61-19-13-16-22-64(61)43-72/h11-36,38-39,43,47-48,53-54,65,68-69,73-77,79-80,92-93H,37,40-42,44-46,49-52H2,1-10H3,(H,94,113)(H,95,111)(H,96,114)(H,97,109)(H,98,110)(H,101,112)(H,117,118)/t53-,54-,65+,68-,69-,73-,74-,75-,76-,77-,79+,80+/m0/s1. The number of carbonyl (C=O) groups is 10. The molecule has 8 heterocycles. The van der Waals surface area contributed by atoms with Gasteiger partial charge in [-0.25, -0.2) is 22.5 Å². The maximum atomic E-state index is 15.7. The molecule has 10 aromatic rings. The number of ketones is 1. The predicted molar refractivity (Wildman–Crippen MR) is 458 cm³/mol. The van der Waals surface area contributed by atoms with Crippen molar-refractivity contribution in [2.75, 3.05) is 27.2 Å². The molecule has 2 aromatic heterocycles. The van der Waals surface area contributed by atoms with Crippen LogP contribution in [0.3, 0.4) is 0 Å². The number of aliphatic carboxylic acids is 1. The molecule has 6 aliphatic heterocycles. The van der Waals surface area contributed by atoms with Crippen molar-refractivity contribution in [2.45, 2.75) is 185 Å². The van der Waals surface area contributed by atoms with Gasteiger partial charge in [-0.1, -0.05) is 191 Å². The average Bonchev–Trinajstić information content (AvgIpc) is 1.63. The minimum atomic E-state index is -4.65. The number of nitrogens with one attached hydrogen (secondary N) is 8. The van der Waals surface area contributed by atoms with Crippen molar-refractivity contribution in [1.29, 1.82) is 0 Å². The van der Waals surface area contributed by atoms with E-state index in [2.05, 4.69) is 62.6 Å². The minimum Gasteiger partial charge on any atom is -0.487 e. The summed E-state index contributed by atoms with van der Waals surface area (Å²) in [5.41, 5.74) is 0.992. The molecule has 8 aromatic carbocycles. The molecule has 6 aliphatic rings. The zero-order valence-corrected chi connectivity index (χ0v) is 71.1. The molecule has 8 amide bonds. The zero-order chi connectivity index (χ0) is 87.8. The molecule has 31 nitrogen and oxygen atoms in total. The van der Waals surface area contributed by atoms with E-state index in [1.807, 2.05) is 84.9 Å². The molecule has 12 atom stereocenters. The van der Waals surface area contributed by atoms with E-state index in [4.69, 9.17) is 9.47 Å². The Kier molecular flexibility index (Phi) is 26.9. The summed E-state index contributed by atoms with van der Waals surface area (Å²) in [6.07, 6.45) is 1.88. The Morgan fingerprint density at radius 1 is 0.512 bits per heavy atom. The molecule has 644 valence electrons. The smallest absolute Gasteiger partial charge is 0.307 e. The van der Waals surface area contributed by atoms with Crippen LogP contribution in [0.5, 0.6) is 11.5 Å². The average molecular weight is 1690 g/mol. The Hall–Kier alpha value is -12.8. The monoisotopic (exact) mass is 1690 g/mol. The number of likely N-dealkylation sites (N-methyl/N-ethyl adjacent to an activating group) is 2. The summed E-state index contributed by atoms with van der Waals surface area (Å²) in [7, 11) is -1.44. The highest BCUT2D eigenvalue weighted by Crippen LogP contribution is 2.35. The second-order valence-electron chi connectivity index (χ2n) is 34.2. The third kappa shape index (κ3) is 21.4. The second kappa shape index (κ2) is 37.7. The van der Waals surface area contributed by atoms with Gasteiger partial charge >= 0.3 is 5.97 Å². The van der Waals surface area contributed by atoms with Crippen molar-refractivity contribution in [1.82, 2.24) is 81.7 Å². The molecule has 0 radical (unpaired) electrons. The Labute approximate surface area is 712 Å². The van der Waals surface area contributed by atoms with Crippen LogP contribution in [-0.2, 0) is 96.9 Å². The SMILES string of the molecule is CN[C@@H](C)C(=O)N[C@H](C(=O)N1C[C@@H]2C[C@H]1C(=O)N[C@@H](Cc1ccc3ccccc3c1)C(=O)C[C@H](C(=O)O)Cc1ccc(cc1)OCc1cn(nn1)[C@H]1C[C@@H](C(=O)N[C@@H](Cc3ccc4ccccc4c3)C(=O)N[C@H](C(=O)NS(=O)(=O)c3ccc4ccccc4c3)Cc3ccc(cc3)OCc3cn2nn3)N(C(=O)[C@@H](NC(=O)[C@H](C)NC)C(C)(C)C)C1)C(C)(C)C. The number of aromatic nitrogens is 6. The molecule has 0 spiro atoms.